The molecule has 0 radical (unpaired) electrons. The van der Waals surface area contributed by atoms with Gasteiger partial charge in [-0.05, 0) is 64.1 Å². The molecular formula is C27H41N3S. The van der Waals surface area contributed by atoms with Crippen molar-refractivity contribution < 1.29 is 0 Å². The molecule has 2 aliphatic rings. The standard InChI is InChI=1S/C18H29N3S.C9H12/c1-16(18(22)21-12-4-3-5-13-21)8-6-9-17(2)20-14-7-10-19-11-15-20;1-3-9-6-4-5-8(2)7-9/h6,8-9,19H,1,3-5,7,10-15H2,2H3;4-7H,3H2,1-2H3/b8-6-,17-9+;. The molecule has 2 heterocycles. The van der Waals surface area contributed by atoms with E-state index in [1.807, 2.05) is 0 Å². The molecule has 0 spiro atoms. The highest BCUT2D eigenvalue weighted by atomic mass is 32.1. The number of hydrogen-bond donors (Lipinski definition) is 1. The highest BCUT2D eigenvalue weighted by Gasteiger charge is 2.14. The number of thiocarbonyl (C=S) groups is 1. The molecule has 2 aliphatic heterocycles. The Morgan fingerprint density at radius 1 is 1.06 bits per heavy atom. The van der Waals surface area contributed by atoms with Gasteiger partial charge in [0.2, 0.25) is 0 Å². The van der Waals surface area contributed by atoms with Gasteiger partial charge in [0.1, 0.15) is 4.99 Å². The van der Waals surface area contributed by atoms with E-state index in [9.17, 15) is 0 Å². The average molecular weight is 440 g/mol. The number of nitrogens with zero attached hydrogens (tertiary/aromatic N) is 2. The summed E-state index contributed by atoms with van der Waals surface area (Å²) in [7, 11) is 0. The highest BCUT2D eigenvalue weighted by Crippen LogP contribution is 2.14. The lowest BCUT2D eigenvalue weighted by atomic mass is 10.1. The molecule has 4 heteroatoms. The number of aryl methyl sites for hydroxylation is 2. The van der Waals surface area contributed by atoms with Crippen molar-refractivity contribution >= 4 is 17.2 Å². The van der Waals surface area contributed by atoms with Gasteiger partial charge in [-0.25, -0.2) is 0 Å². The minimum Gasteiger partial charge on any atom is -0.374 e. The first-order chi connectivity index (χ1) is 15.0. The van der Waals surface area contributed by atoms with Crippen molar-refractivity contribution in [3.8, 4) is 0 Å². The van der Waals surface area contributed by atoms with Crippen LogP contribution < -0.4 is 5.32 Å². The van der Waals surface area contributed by atoms with Gasteiger partial charge >= 0.3 is 0 Å². The molecule has 170 valence electrons. The number of piperidine rings is 1. The highest BCUT2D eigenvalue weighted by molar-refractivity contribution is 7.80. The first-order valence-electron chi connectivity index (χ1n) is 11.9. The van der Waals surface area contributed by atoms with E-state index in [0.717, 1.165) is 56.3 Å². The summed E-state index contributed by atoms with van der Waals surface area (Å²) in [4.78, 5) is 5.65. The van der Waals surface area contributed by atoms with Crippen molar-refractivity contribution in [3.05, 3.63) is 71.5 Å². The third kappa shape index (κ3) is 9.40. The Morgan fingerprint density at radius 2 is 1.81 bits per heavy atom. The van der Waals surface area contributed by atoms with E-state index < -0.39 is 0 Å². The Bertz CT molecular complexity index is 751. The van der Waals surface area contributed by atoms with Crippen LogP contribution in [0.5, 0.6) is 0 Å². The largest absolute Gasteiger partial charge is 0.374 e. The summed E-state index contributed by atoms with van der Waals surface area (Å²) in [5, 5.41) is 3.43. The van der Waals surface area contributed by atoms with Gasteiger partial charge in [0.25, 0.3) is 0 Å². The first-order valence-corrected chi connectivity index (χ1v) is 12.3. The van der Waals surface area contributed by atoms with Gasteiger partial charge in [0, 0.05) is 44.0 Å². The van der Waals surface area contributed by atoms with Crippen molar-refractivity contribution in [3.63, 3.8) is 0 Å². The molecule has 3 nitrogen and oxygen atoms in total. The Hall–Kier alpha value is -1.91. The van der Waals surface area contributed by atoms with Crippen LogP contribution in [0.2, 0.25) is 0 Å². The SMILES string of the molecule is C=C(/C=C\C=C(/C)N1CCCNCC1)C(=S)N1CCCCC1.CCc1cccc(C)c1. The van der Waals surface area contributed by atoms with Crippen LogP contribution in [0.25, 0.3) is 0 Å². The molecule has 1 aromatic carbocycles. The summed E-state index contributed by atoms with van der Waals surface area (Å²) in [6, 6.07) is 8.61. The average Bonchev–Trinajstić information content (AvgIpc) is 3.09. The molecule has 2 saturated heterocycles. The number of benzene rings is 1. The maximum atomic E-state index is 5.55. The second-order valence-electron chi connectivity index (χ2n) is 8.48. The topological polar surface area (TPSA) is 18.5 Å². The fourth-order valence-corrected chi connectivity index (χ4v) is 4.16. The third-order valence-corrected chi connectivity index (χ3v) is 6.40. The van der Waals surface area contributed by atoms with Gasteiger partial charge in [0.05, 0.1) is 0 Å². The zero-order valence-electron chi connectivity index (χ0n) is 19.8. The van der Waals surface area contributed by atoms with Gasteiger partial charge < -0.3 is 15.1 Å². The smallest absolute Gasteiger partial charge is 0.108 e. The second-order valence-corrected chi connectivity index (χ2v) is 8.87. The summed E-state index contributed by atoms with van der Waals surface area (Å²) in [5.74, 6) is 0. The maximum Gasteiger partial charge on any atom is 0.108 e. The molecule has 1 N–H and O–H groups in total. The van der Waals surface area contributed by atoms with Crippen molar-refractivity contribution in [2.75, 3.05) is 39.3 Å². The van der Waals surface area contributed by atoms with Gasteiger partial charge in [-0.1, -0.05) is 67.7 Å². The lowest BCUT2D eigenvalue weighted by Gasteiger charge is -2.29. The van der Waals surface area contributed by atoms with E-state index in [2.05, 4.69) is 85.0 Å². The summed E-state index contributed by atoms with van der Waals surface area (Å²) >= 11 is 5.55. The van der Waals surface area contributed by atoms with Crippen molar-refractivity contribution in [2.45, 2.75) is 52.9 Å². The van der Waals surface area contributed by atoms with E-state index in [1.165, 1.54) is 42.5 Å². The molecule has 0 aliphatic carbocycles. The van der Waals surface area contributed by atoms with Crippen LogP contribution in [0, 0.1) is 6.92 Å². The summed E-state index contributed by atoms with van der Waals surface area (Å²) in [6.45, 7) is 17.2. The van der Waals surface area contributed by atoms with Gasteiger partial charge in [-0.2, -0.15) is 0 Å². The second kappa shape index (κ2) is 14.2. The zero-order valence-corrected chi connectivity index (χ0v) is 20.6. The van der Waals surface area contributed by atoms with Crippen molar-refractivity contribution in [1.82, 2.24) is 15.1 Å². The quantitative estimate of drug-likeness (QED) is 0.362. The molecule has 0 aromatic heterocycles. The molecule has 2 fully saturated rings. The lowest BCUT2D eigenvalue weighted by molar-refractivity contribution is 0.347. The summed E-state index contributed by atoms with van der Waals surface area (Å²) in [6.07, 6.45) is 12.5. The van der Waals surface area contributed by atoms with E-state index >= 15 is 0 Å². The predicted molar refractivity (Wildman–Crippen MR) is 140 cm³/mol. The third-order valence-electron chi connectivity index (χ3n) is 5.88. The number of nitrogens with one attached hydrogen (secondary N) is 1. The fraction of sp³-hybridized carbons (Fsp3) is 0.519. The molecule has 0 bridgehead atoms. The minimum absolute atomic E-state index is 0.918. The van der Waals surface area contributed by atoms with Crippen molar-refractivity contribution in [1.29, 1.82) is 0 Å². The molecule has 3 rings (SSSR count). The molecule has 31 heavy (non-hydrogen) atoms. The van der Waals surface area contributed by atoms with Gasteiger partial charge in [-0.3, -0.25) is 0 Å². The Kier molecular flexibility index (Phi) is 11.6. The first kappa shape index (κ1) is 25.4. The van der Waals surface area contributed by atoms with Crippen LogP contribution >= 0.6 is 12.2 Å². The monoisotopic (exact) mass is 439 g/mol. The number of allylic oxidation sites excluding steroid dienone is 3. The Balaban J connectivity index is 0.000000316. The van der Waals surface area contributed by atoms with Crippen molar-refractivity contribution in [2.24, 2.45) is 0 Å². The molecular weight excluding hydrogens is 398 g/mol. The van der Waals surface area contributed by atoms with Crippen LogP contribution in [0.1, 0.15) is 50.7 Å². The Morgan fingerprint density at radius 3 is 2.48 bits per heavy atom. The van der Waals surface area contributed by atoms with E-state index in [0.29, 0.717) is 0 Å². The van der Waals surface area contributed by atoms with Crippen LogP contribution in [0.4, 0.5) is 0 Å². The Labute approximate surface area is 195 Å². The number of hydrogen-bond acceptors (Lipinski definition) is 3. The van der Waals surface area contributed by atoms with Crippen LogP contribution in [0.3, 0.4) is 0 Å². The minimum atomic E-state index is 0.918. The van der Waals surface area contributed by atoms with Crippen LogP contribution in [0.15, 0.2) is 60.3 Å². The summed E-state index contributed by atoms with van der Waals surface area (Å²) in [5.41, 5.74) is 5.06. The fourth-order valence-electron chi connectivity index (χ4n) is 3.91. The molecule has 0 amide bonds. The normalized spacial score (nSPS) is 17.7. The predicted octanol–water partition coefficient (Wildman–Crippen LogP) is 5.67. The van der Waals surface area contributed by atoms with Crippen LogP contribution in [-0.2, 0) is 6.42 Å². The molecule has 0 atom stereocenters. The van der Waals surface area contributed by atoms with Crippen LogP contribution in [-0.4, -0.2) is 54.1 Å². The van der Waals surface area contributed by atoms with Gasteiger partial charge in [0.15, 0.2) is 0 Å². The van der Waals surface area contributed by atoms with E-state index in [4.69, 9.17) is 12.2 Å². The molecule has 0 unspecified atom stereocenters. The number of rotatable bonds is 5. The molecule has 0 saturated carbocycles. The van der Waals surface area contributed by atoms with Gasteiger partial charge in [-0.15, -0.1) is 0 Å². The lowest BCUT2D eigenvalue weighted by Crippen LogP contribution is -2.34. The number of likely N-dealkylation sites (tertiary alicyclic amines) is 1. The summed E-state index contributed by atoms with van der Waals surface area (Å²) < 4.78 is 0. The maximum absolute atomic E-state index is 5.55. The zero-order chi connectivity index (χ0) is 22.5. The molecule has 1 aromatic rings. The van der Waals surface area contributed by atoms with E-state index in [1.54, 1.807) is 0 Å². The van der Waals surface area contributed by atoms with E-state index in [-0.39, 0.29) is 0 Å².